The van der Waals surface area contributed by atoms with E-state index in [1.54, 1.807) is 14.0 Å². The number of carbonyl (C=O) groups is 2. The van der Waals surface area contributed by atoms with Gasteiger partial charge >= 0.3 is 0 Å². The molecule has 1 heterocycles. The maximum absolute atomic E-state index is 11.6. The van der Waals surface area contributed by atoms with Gasteiger partial charge in [0.05, 0.1) is 6.04 Å². The van der Waals surface area contributed by atoms with Gasteiger partial charge in [0.25, 0.3) is 0 Å². The highest BCUT2D eigenvalue weighted by Crippen LogP contribution is 2.17. The first kappa shape index (κ1) is 13.2. The lowest BCUT2D eigenvalue weighted by atomic mass is 10.1. The van der Waals surface area contributed by atoms with Crippen LogP contribution in [0.4, 0.5) is 0 Å². The highest BCUT2D eigenvalue weighted by molar-refractivity contribution is 5.81. The average molecular weight is 226 g/mol. The van der Waals surface area contributed by atoms with Crippen molar-refractivity contribution < 1.29 is 9.59 Å². The summed E-state index contributed by atoms with van der Waals surface area (Å²) in [5, 5.41) is 2.71. The third-order valence-electron chi connectivity index (χ3n) is 3.14. The van der Waals surface area contributed by atoms with E-state index >= 15 is 0 Å². The number of carbonyl (C=O) groups excluding carboxylic acids is 2. The van der Waals surface area contributed by atoms with E-state index in [-0.39, 0.29) is 17.7 Å². The number of Topliss-reactive ketones (excluding diaryl/α,β-unsaturated/α-hetero) is 1. The molecule has 0 spiro atoms. The second kappa shape index (κ2) is 6.63. The number of ketones is 1. The van der Waals surface area contributed by atoms with E-state index in [9.17, 15) is 9.59 Å². The number of rotatable bonds is 6. The largest absolute Gasteiger partial charge is 0.358 e. The Labute approximate surface area is 97.4 Å². The van der Waals surface area contributed by atoms with Gasteiger partial charge in [-0.15, -0.1) is 0 Å². The van der Waals surface area contributed by atoms with Crippen molar-refractivity contribution in [3.05, 3.63) is 0 Å². The molecule has 1 unspecified atom stereocenters. The summed E-state index contributed by atoms with van der Waals surface area (Å²) in [7, 11) is 1.69. The zero-order valence-corrected chi connectivity index (χ0v) is 10.3. The second-order valence-corrected chi connectivity index (χ2v) is 4.47. The molecule has 0 radical (unpaired) electrons. The monoisotopic (exact) mass is 226 g/mol. The van der Waals surface area contributed by atoms with Crippen molar-refractivity contribution in [2.24, 2.45) is 0 Å². The first-order valence-electron chi connectivity index (χ1n) is 6.10. The fourth-order valence-corrected chi connectivity index (χ4v) is 2.25. The normalized spacial score (nSPS) is 21.0. The lowest BCUT2D eigenvalue weighted by Gasteiger charge is -2.22. The van der Waals surface area contributed by atoms with Crippen molar-refractivity contribution in [2.75, 3.05) is 20.1 Å². The number of likely N-dealkylation sites (N-methyl/N-ethyl adjacent to an activating group) is 1. The number of hydrogen-bond donors (Lipinski definition) is 1. The molecule has 16 heavy (non-hydrogen) atoms. The highest BCUT2D eigenvalue weighted by Gasteiger charge is 2.29. The van der Waals surface area contributed by atoms with Crippen LogP contribution >= 0.6 is 0 Å². The van der Waals surface area contributed by atoms with Crippen molar-refractivity contribution >= 4 is 11.7 Å². The molecule has 1 saturated heterocycles. The fourth-order valence-electron chi connectivity index (χ4n) is 2.25. The van der Waals surface area contributed by atoms with Crippen molar-refractivity contribution in [1.82, 2.24) is 10.2 Å². The van der Waals surface area contributed by atoms with Crippen LogP contribution in [0.1, 0.15) is 39.0 Å². The molecular formula is C12H22N2O2. The standard InChI is InChI=1S/C12H22N2O2/c1-10(15)6-3-4-8-14-9-5-7-11(14)12(16)13-2/h11H,3-9H2,1-2H3,(H,13,16). The molecule has 4 nitrogen and oxygen atoms in total. The van der Waals surface area contributed by atoms with Crippen LogP contribution in [0.5, 0.6) is 0 Å². The number of unbranched alkanes of at least 4 members (excludes halogenated alkanes) is 1. The number of hydrogen-bond acceptors (Lipinski definition) is 3. The molecule has 1 rings (SSSR count). The van der Waals surface area contributed by atoms with Crippen LogP contribution in [0, 0.1) is 0 Å². The van der Waals surface area contributed by atoms with Crippen LogP contribution in [0.2, 0.25) is 0 Å². The van der Waals surface area contributed by atoms with Gasteiger partial charge in [-0.3, -0.25) is 9.69 Å². The predicted octanol–water partition coefficient (Wildman–Crippen LogP) is 0.956. The maximum Gasteiger partial charge on any atom is 0.237 e. The Morgan fingerprint density at radius 1 is 1.38 bits per heavy atom. The SMILES string of the molecule is CNC(=O)C1CCCN1CCCCC(C)=O. The summed E-state index contributed by atoms with van der Waals surface area (Å²) in [5.41, 5.74) is 0. The molecule has 0 aromatic rings. The molecule has 1 N–H and O–H groups in total. The minimum atomic E-state index is 0.0577. The van der Waals surface area contributed by atoms with E-state index in [4.69, 9.17) is 0 Å². The Bertz CT molecular complexity index is 253. The predicted molar refractivity (Wildman–Crippen MR) is 63.2 cm³/mol. The molecule has 0 bridgehead atoms. The topological polar surface area (TPSA) is 49.4 Å². The molecule has 4 heteroatoms. The second-order valence-electron chi connectivity index (χ2n) is 4.47. The average Bonchev–Trinajstić information content (AvgIpc) is 2.71. The van der Waals surface area contributed by atoms with E-state index in [1.807, 2.05) is 0 Å². The lowest BCUT2D eigenvalue weighted by molar-refractivity contribution is -0.125. The molecule has 0 aliphatic carbocycles. The van der Waals surface area contributed by atoms with Crippen molar-refractivity contribution in [2.45, 2.75) is 45.1 Å². The summed E-state index contributed by atoms with van der Waals surface area (Å²) in [6, 6.07) is 0.0577. The van der Waals surface area contributed by atoms with Gasteiger partial charge in [0.2, 0.25) is 5.91 Å². The van der Waals surface area contributed by atoms with Gasteiger partial charge in [0.1, 0.15) is 5.78 Å². The van der Waals surface area contributed by atoms with Crippen molar-refractivity contribution in [3.63, 3.8) is 0 Å². The molecular weight excluding hydrogens is 204 g/mol. The van der Waals surface area contributed by atoms with Crippen LogP contribution in [-0.2, 0) is 9.59 Å². The summed E-state index contributed by atoms with van der Waals surface area (Å²) in [5.74, 6) is 0.383. The summed E-state index contributed by atoms with van der Waals surface area (Å²) in [4.78, 5) is 24.6. The Hall–Kier alpha value is -0.900. The van der Waals surface area contributed by atoms with Crippen LogP contribution in [0.3, 0.4) is 0 Å². The number of nitrogens with one attached hydrogen (secondary N) is 1. The smallest absolute Gasteiger partial charge is 0.237 e. The Morgan fingerprint density at radius 2 is 2.12 bits per heavy atom. The van der Waals surface area contributed by atoms with E-state index in [2.05, 4.69) is 10.2 Å². The zero-order valence-electron chi connectivity index (χ0n) is 10.3. The summed E-state index contributed by atoms with van der Waals surface area (Å²) in [6.45, 7) is 3.58. The highest BCUT2D eigenvalue weighted by atomic mass is 16.2. The van der Waals surface area contributed by atoms with E-state index in [0.29, 0.717) is 6.42 Å². The fraction of sp³-hybridized carbons (Fsp3) is 0.833. The van der Waals surface area contributed by atoms with Gasteiger partial charge in [-0.2, -0.15) is 0 Å². The van der Waals surface area contributed by atoms with E-state index in [0.717, 1.165) is 38.8 Å². The van der Waals surface area contributed by atoms with Crippen molar-refractivity contribution in [1.29, 1.82) is 0 Å². The Balaban J connectivity index is 2.25. The molecule has 1 fully saturated rings. The lowest BCUT2D eigenvalue weighted by Crippen LogP contribution is -2.42. The quantitative estimate of drug-likeness (QED) is 0.686. The van der Waals surface area contributed by atoms with Crippen LogP contribution < -0.4 is 5.32 Å². The first-order valence-corrected chi connectivity index (χ1v) is 6.10. The van der Waals surface area contributed by atoms with Crippen LogP contribution in [0.25, 0.3) is 0 Å². The number of amides is 1. The summed E-state index contributed by atoms with van der Waals surface area (Å²) in [6.07, 6.45) is 4.68. The summed E-state index contributed by atoms with van der Waals surface area (Å²) < 4.78 is 0. The third kappa shape index (κ3) is 3.93. The Morgan fingerprint density at radius 3 is 2.75 bits per heavy atom. The zero-order chi connectivity index (χ0) is 12.0. The maximum atomic E-state index is 11.6. The van der Waals surface area contributed by atoms with Crippen LogP contribution in [0.15, 0.2) is 0 Å². The molecule has 1 atom stereocenters. The molecule has 1 amide bonds. The molecule has 0 saturated carbocycles. The van der Waals surface area contributed by atoms with E-state index < -0.39 is 0 Å². The summed E-state index contributed by atoms with van der Waals surface area (Å²) >= 11 is 0. The molecule has 92 valence electrons. The Kier molecular flexibility index (Phi) is 5.46. The molecule has 0 aromatic carbocycles. The minimum absolute atomic E-state index is 0.0577. The minimum Gasteiger partial charge on any atom is -0.358 e. The number of nitrogens with zero attached hydrogens (tertiary/aromatic N) is 1. The number of likely N-dealkylation sites (tertiary alicyclic amines) is 1. The third-order valence-corrected chi connectivity index (χ3v) is 3.14. The van der Waals surface area contributed by atoms with Gasteiger partial charge < -0.3 is 10.1 Å². The molecule has 0 aromatic heterocycles. The van der Waals surface area contributed by atoms with Gasteiger partial charge in [-0.25, -0.2) is 0 Å². The first-order chi connectivity index (χ1) is 7.65. The van der Waals surface area contributed by atoms with Gasteiger partial charge in [-0.05, 0) is 45.7 Å². The van der Waals surface area contributed by atoms with Gasteiger partial charge in [0.15, 0.2) is 0 Å². The van der Waals surface area contributed by atoms with Gasteiger partial charge in [0, 0.05) is 13.5 Å². The molecule has 1 aliphatic rings. The van der Waals surface area contributed by atoms with Crippen LogP contribution in [-0.4, -0.2) is 42.8 Å². The van der Waals surface area contributed by atoms with E-state index in [1.165, 1.54) is 0 Å². The van der Waals surface area contributed by atoms with Gasteiger partial charge in [-0.1, -0.05) is 0 Å². The van der Waals surface area contributed by atoms with Crippen molar-refractivity contribution in [3.8, 4) is 0 Å². The molecule has 1 aliphatic heterocycles.